The van der Waals surface area contributed by atoms with Crippen molar-refractivity contribution in [2.45, 2.75) is 13.0 Å². The second kappa shape index (κ2) is 3.55. The van der Waals surface area contributed by atoms with Crippen LogP contribution in [0.5, 0.6) is 0 Å². The monoisotopic (exact) mass is 207 g/mol. The highest BCUT2D eigenvalue weighted by Gasteiger charge is 2.13. The molecule has 0 aliphatic carbocycles. The molecule has 0 aliphatic heterocycles. The highest BCUT2D eigenvalue weighted by atomic mass is 32.1. The van der Waals surface area contributed by atoms with Gasteiger partial charge >= 0.3 is 0 Å². The van der Waals surface area contributed by atoms with Gasteiger partial charge in [-0.15, -0.1) is 11.3 Å². The molecule has 0 aliphatic rings. The normalized spacial score (nSPS) is 13.1. The lowest BCUT2D eigenvalue weighted by Gasteiger charge is -2.09. The Hall–Kier alpha value is -1.13. The van der Waals surface area contributed by atoms with E-state index in [2.05, 4.69) is 24.2 Å². The SMILES string of the molecule is Cc1ccc(C(N)c2ccnn2C)s1. The predicted molar refractivity (Wildman–Crippen MR) is 58.3 cm³/mol. The summed E-state index contributed by atoms with van der Waals surface area (Å²) in [5.74, 6) is 0. The van der Waals surface area contributed by atoms with Gasteiger partial charge in [0.25, 0.3) is 0 Å². The van der Waals surface area contributed by atoms with Crippen LogP contribution in [0.15, 0.2) is 24.4 Å². The summed E-state index contributed by atoms with van der Waals surface area (Å²) >= 11 is 1.74. The summed E-state index contributed by atoms with van der Waals surface area (Å²) in [7, 11) is 1.91. The fraction of sp³-hybridized carbons (Fsp3) is 0.300. The Labute approximate surface area is 87.2 Å². The molecule has 14 heavy (non-hydrogen) atoms. The maximum Gasteiger partial charge on any atom is 0.0816 e. The molecule has 0 fully saturated rings. The van der Waals surface area contributed by atoms with Gasteiger partial charge < -0.3 is 5.73 Å². The van der Waals surface area contributed by atoms with E-state index in [1.165, 1.54) is 9.75 Å². The molecule has 2 aromatic rings. The fourth-order valence-electron chi connectivity index (χ4n) is 1.46. The summed E-state index contributed by atoms with van der Waals surface area (Å²) in [5, 5.41) is 4.11. The molecule has 2 aromatic heterocycles. The van der Waals surface area contributed by atoms with Crippen LogP contribution >= 0.6 is 11.3 Å². The molecular formula is C10H13N3S. The Balaban J connectivity index is 2.33. The quantitative estimate of drug-likeness (QED) is 0.816. The number of aromatic nitrogens is 2. The number of thiophene rings is 1. The molecule has 2 heterocycles. The molecule has 0 spiro atoms. The van der Waals surface area contributed by atoms with Crippen LogP contribution in [0.25, 0.3) is 0 Å². The minimum atomic E-state index is -0.0544. The first-order chi connectivity index (χ1) is 6.68. The first-order valence-corrected chi connectivity index (χ1v) is 5.30. The van der Waals surface area contributed by atoms with Crippen LogP contribution < -0.4 is 5.73 Å². The second-order valence-corrected chi connectivity index (χ2v) is 4.63. The fourth-order valence-corrected chi connectivity index (χ4v) is 2.35. The average molecular weight is 207 g/mol. The third kappa shape index (κ3) is 1.58. The Bertz CT molecular complexity index is 430. The molecule has 1 atom stereocenters. The van der Waals surface area contributed by atoms with E-state index in [4.69, 9.17) is 5.73 Å². The van der Waals surface area contributed by atoms with E-state index < -0.39 is 0 Å². The number of aryl methyl sites for hydroxylation is 2. The summed E-state index contributed by atoms with van der Waals surface area (Å²) in [5.41, 5.74) is 7.17. The standard InChI is InChI=1S/C10H13N3S/c1-7-3-4-9(14-7)10(11)8-5-6-12-13(8)2/h3-6,10H,11H2,1-2H3. The van der Waals surface area contributed by atoms with Gasteiger partial charge in [-0.1, -0.05) is 0 Å². The Morgan fingerprint density at radius 1 is 1.43 bits per heavy atom. The number of nitrogens with zero attached hydrogens (tertiary/aromatic N) is 2. The van der Waals surface area contributed by atoms with Crippen LogP contribution in [0, 0.1) is 6.92 Å². The third-order valence-corrected chi connectivity index (χ3v) is 3.33. The van der Waals surface area contributed by atoms with Gasteiger partial charge in [0.15, 0.2) is 0 Å². The molecule has 0 bridgehead atoms. The van der Waals surface area contributed by atoms with Crippen molar-refractivity contribution in [3.05, 3.63) is 39.8 Å². The Kier molecular flexibility index (Phi) is 2.39. The Morgan fingerprint density at radius 3 is 2.71 bits per heavy atom. The summed E-state index contributed by atoms with van der Waals surface area (Å²) in [6.07, 6.45) is 1.77. The number of hydrogen-bond acceptors (Lipinski definition) is 3. The van der Waals surface area contributed by atoms with Crippen LogP contribution in [0.4, 0.5) is 0 Å². The maximum absolute atomic E-state index is 6.12. The van der Waals surface area contributed by atoms with Crippen LogP contribution in [0.1, 0.15) is 21.5 Å². The van der Waals surface area contributed by atoms with E-state index in [1.807, 2.05) is 17.8 Å². The van der Waals surface area contributed by atoms with Gasteiger partial charge in [-0.05, 0) is 25.1 Å². The summed E-state index contributed by atoms with van der Waals surface area (Å²) in [4.78, 5) is 2.48. The molecule has 74 valence electrons. The van der Waals surface area contributed by atoms with Crippen LogP contribution in [0.2, 0.25) is 0 Å². The summed E-state index contributed by atoms with van der Waals surface area (Å²) in [6.45, 7) is 2.09. The van der Waals surface area contributed by atoms with Crippen molar-refractivity contribution < 1.29 is 0 Å². The first-order valence-electron chi connectivity index (χ1n) is 4.48. The van der Waals surface area contributed by atoms with Crippen molar-refractivity contribution >= 4 is 11.3 Å². The van der Waals surface area contributed by atoms with Crippen molar-refractivity contribution in [1.29, 1.82) is 0 Å². The van der Waals surface area contributed by atoms with Gasteiger partial charge in [0.1, 0.15) is 0 Å². The molecule has 1 unspecified atom stereocenters. The molecule has 3 nitrogen and oxygen atoms in total. The molecule has 0 aromatic carbocycles. The summed E-state index contributed by atoms with van der Waals surface area (Å²) in [6, 6.07) is 6.08. The van der Waals surface area contributed by atoms with Crippen molar-refractivity contribution in [2.75, 3.05) is 0 Å². The minimum absolute atomic E-state index is 0.0544. The molecule has 4 heteroatoms. The number of rotatable bonds is 2. The smallest absolute Gasteiger partial charge is 0.0816 e. The van der Waals surface area contributed by atoms with Crippen molar-refractivity contribution in [1.82, 2.24) is 9.78 Å². The third-order valence-electron chi connectivity index (χ3n) is 2.25. The van der Waals surface area contributed by atoms with Crippen LogP contribution in [-0.4, -0.2) is 9.78 Å². The first kappa shape index (κ1) is 9.43. The van der Waals surface area contributed by atoms with Crippen LogP contribution in [0.3, 0.4) is 0 Å². The van der Waals surface area contributed by atoms with Crippen LogP contribution in [-0.2, 0) is 7.05 Å². The highest BCUT2D eigenvalue weighted by molar-refractivity contribution is 7.12. The van der Waals surface area contributed by atoms with E-state index in [1.54, 1.807) is 17.5 Å². The van der Waals surface area contributed by atoms with E-state index >= 15 is 0 Å². The van der Waals surface area contributed by atoms with Gasteiger partial charge in [-0.3, -0.25) is 4.68 Å². The van der Waals surface area contributed by atoms with Crippen molar-refractivity contribution in [3.8, 4) is 0 Å². The van der Waals surface area contributed by atoms with Crippen molar-refractivity contribution in [2.24, 2.45) is 12.8 Å². The highest BCUT2D eigenvalue weighted by Crippen LogP contribution is 2.25. The van der Waals surface area contributed by atoms with Crippen molar-refractivity contribution in [3.63, 3.8) is 0 Å². The summed E-state index contributed by atoms with van der Waals surface area (Å²) < 4.78 is 1.82. The maximum atomic E-state index is 6.12. The zero-order valence-corrected chi connectivity index (χ0v) is 9.08. The molecule has 0 saturated heterocycles. The molecule has 2 rings (SSSR count). The number of hydrogen-bond donors (Lipinski definition) is 1. The molecule has 0 saturated carbocycles. The predicted octanol–water partition coefficient (Wildman–Crippen LogP) is 1.84. The second-order valence-electron chi connectivity index (χ2n) is 3.31. The van der Waals surface area contributed by atoms with E-state index in [0.29, 0.717) is 0 Å². The number of nitrogens with two attached hydrogens (primary N) is 1. The van der Waals surface area contributed by atoms with Gasteiger partial charge in [0.2, 0.25) is 0 Å². The lowest BCUT2D eigenvalue weighted by molar-refractivity contribution is 0.678. The largest absolute Gasteiger partial charge is 0.318 e. The Morgan fingerprint density at radius 2 is 2.21 bits per heavy atom. The van der Waals surface area contributed by atoms with Gasteiger partial charge in [-0.25, -0.2) is 0 Å². The minimum Gasteiger partial charge on any atom is -0.318 e. The van der Waals surface area contributed by atoms with Gasteiger partial charge in [0.05, 0.1) is 11.7 Å². The average Bonchev–Trinajstić information content (AvgIpc) is 2.73. The lowest BCUT2D eigenvalue weighted by Crippen LogP contribution is -2.14. The zero-order valence-electron chi connectivity index (χ0n) is 8.27. The van der Waals surface area contributed by atoms with Gasteiger partial charge in [0, 0.05) is 23.0 Å². The zero-order chi connectivity index (χ0) is 10.1. The van der Waals surface area contributed by atoms with Gasteiger partial charge in [-0.2, -0.15) is 5.10 Å². The molecule has 0 radical (unpaired) electrons. The molecule has 2 N–H and O–H groups in total. The molecule has 0 amide bonds. The van der Waals surface area contributed by atoms with E-state index in [9.17, 15) is 0 Å². The van der Waals surface area contributed by atoms with E-state index in [-0.39, 0.29) is 6.04 Å². The topological polar surface area (TPSA) is 43.8 Å². The van der Waals surface area contributed by atoms with E-state index in [0.717, 1.165) is 5.69 Å². The molecular weight excluding hydrogens is 194 g/mol. The lowest BCUT2D eigenvalue weighted by atomic mass is 10.2.